The van der Waals surface area contributed by atoms with E-state index in [2.05, 4.69) is 0 Å². The average Bonchev–Trinajstić information content (AvgIpc) is 2.55. The molecule has 3 nitrogen and oxygen atoms in total. The van der Waals surface area contributed by atoms with E-state index < -0.39 is 0 Å². The van der Waals surface area contributed by atoms with Gasteiger partial charge in [-0.15, -0.1) is 11.6 Å². The Morgan fingerprint density at radius 2 is 2.00 bits per heavy atom. The Morgan fingerprint density at radius 3 is 2.53 bits per heavy atom. The van der Waals surface area contributed by atoms with E-state index >= 15 is 0 Å². The molecule has 0 amide bonds. The molecule has 0 unspecified atom stereocenters. The number of unbranched alkanes of at least 4 members (excludes halogenated alkanes) is 2. The third-order valence-electron chi connectivity index (χ3n) is 2.46. The molecule has 1 rings (SSSR count). The van der Waals surface area contributed by atoms with Gasteiger partial charge in [-0.3, -0.25) is 9.13 Å². The zero-order chi connectivity index (χ0) is 11.3. The SMILES string of the molecule is CC(C)n1ccn(CCCCCCl)c1=O. The molecule has 0 aliphatic rings. The molecular weight excluding hydrogens is 212 g/mol. The van der Waals surface area contributed by atoms with Gasteiger partial charge in [0.1, 0.15) is 0 Å². The van der Waals surface area contributed by atoms with Gasteiger partial charge in [-0.2, -0.15) is 0 Å². The summed E-state index contributed by atoms with van der Waals surface area (Å²) >= 11 is 5.59. The van der Waals surface area contributed by atoms with Crippen molar-refractivity contribution in [1.29, 1.82) is 0 Å². The van der Waals surface area contributed by atoms with Gasteiger partial charge in [0.2, 0.25) is 0 Å². The van der Waals surface area contributed by atoms with Gasteiger partial charge in [-0.05, 0) is 26.7 Å². The Kier molecular flexibility index (Phi) is 4.95. The predicted octanol–water partition coefficient (Wildman–Crippen LogP) is 2.64. The molecule has 1 heterocycles. The monoisotopic (exact) mass is 230 g/mol. The van der Waals surface area contributed by atoms with Crippen LogP contribution < -0.4 is 5.69 Å². The van der Waals surface area contributed by atoms with Gasteiger partial charge >= 0.3 is 5.69 Å². The minimum Gasteiger partial charge on any atom is -0.299 e. The number of hydrogen-bond acceptors (Lipinski definition) is 1. The lowest BCUT2D eigenvalue weighted by Gasteiger charge is -2.04. The number of halogens is 1. The first-order valence-corrected chi connectivity index (χ1v) is 6.03. The first-order chi connectivity index (χ1) is 7.16. The molecule has 0 saturated heterocycles. The summed E-state index contributed by atoms with van der Waals surface area (Å²) in [6.07, 6.45) is 6.86. The Morgan fingerprint density at radius 1 is 1.27 bits per heavy atom. The fourth-order valence-corrected chi connectivity index (χ4v) is 1.73. The zero-order valence-electron chi connectivity index (χ0n) is 9.45. The van der Waals surface area contributed by atoms with Gasteiger partial charge < -0.3 is 0 Å². The van der Waals surface area contributed by atoms with Crippen LogP contribution in [-0.2, 0) is 6.54 Å². The van der Waals surface area contributed by atoms with Crippen LogP contribution in [0, 0.1) is 0 Å². The van der Waals surface area contributed by atoms with Gasteiger partial charge in [0.05, 0.1) is 0 Å². The summed E-state index contributed by atoms with van der Waals surface area (Å²) in [6.45, 7) is 4.83. The van der Waals surface area contributed by atoms with Crippen LogP contribution in [0.3, 0.4) is 0 Å². The van der Waals surface area contributed by atoms with Crippen molar-refractivity contribution < 1.29 is 0 Å². The molecule has 1 aromatic heterocycles. The van der Waals surface area contributed by atoms with Crippen LogP contribution in [0.4, 0.5) is 0 Å². The number of nitrogens with zero attached hydrogens (tertiary/aromatic N) is 2. The minimum absolute atomic E-state index is 0.0934. The van der Waals surface area contributed by atoms with Crippen LogP contribution >= 0.6 is 11.6 Å². The number of aryl methyl sites for hydroxylation is 1. The number of aromatic nitrogens is 2. The van der Waals surface area contributed by atoms with E-state index in [1.54, 1.807) is 9.13 Å². The number of rotatable bonds is 6. The van der Waals surface area contributed by atoms with Crippen molar-refractivity contribution in [3.63, 3.8) is 0 Å². The summed E-state index contributed by atoms with van der Waals surface area (Å²) in [5.74, 6) is 0.710. The highest BCUT2D eigenvalue weighted by atomic mass is 35.5. The Bertz CT molecular complexity index is 341. The highest BCUT2D eigenvalue weighted by Crippen LogP contribution is 2.02. The third kappa shape index (κ3) is 3.42. The maximum Gasteiger partial charge on any atom is 0.328 e. The molecule has 0 N–H and O–H groups in total. The van der Waals surface area contributed by atoms with Crippen molar-refractivity contribution in [2.45, 2.75) is 45.7 Å². The molecule has 0 aliphatic carbocycles. The van der Waals surface area contributed by atoms with Gasteiger partial charge in [0.25, 0.3) is 0 Å². The highest BCUT2D eigenvalue weighted by molar-refractivity contribution is 6.17. The van der Waals surface area contributed by atoms with Gasteiger partial charge in [0.15, 0.2) is 0 Å². The Hall–Kier alpha value is -0.700. The van der Waals surface area contributed by atoms with E-state index in [1.807, 2.05) is 26.2 Å². The smallest absolute Gasteiger partial charge is 0.299 e. The third-order valence-corrected chi connectivity index (χ3v) is 2.73. The van der Waals surface area contributed by atoms with Crippen molar-refractivity contribution in [3.8, 4) is 0 Å². The molecule has 0 fully saturated rings. The molecule has 15 heavy (non-hydrogen) atoms. The van der Waals surface area contributed by atoms with E-state index in [9.17, 15) is 4.79 Å². The lowest BCUT2D eigenvalue weighted by Crippen LogP contribution is -2.25. The molecule has 0 atom stereocenters. The van der Waals surface area contributed by atoms with Crippen LogP contribution in [0.15, 0.2) is 17.2 Å². The van der Waals surface area contributed by atoms with Gasteiger partial charge in [-0.1, -0.05) is 6.42 Å². The van der Waals surface area contributed by atoms with E-state index in [1.165, 1.54) is 0 Å². The molecule has 0 bridgehead atoms. The first-order valence-electron chi connectivity index (χ1n) is 5.50. The second-order valence-electron chi connectivity index (χ2n) is 4.02. The molecule has 0 aromatic carbocycles. The van der Waals surface area contributed by atoms with Crippen LogP contribution in [0.2, 0.25) is 0 Å². The maximum absolute atomic E-state index is 11.8. The van der Waals surface area contributed by atoms with Crippen molar-refractivity contribution in [3.05, 3.63) is 22.9 Å². The van der Waals surface area contributed by atoms with E-state index in [0.29, 0.717) is 5.88 Å². The van der Waals surface area contributed by atoms with Crippen LogP contribution in [0.1, 0.15) is 39.2 Å². The van der Waals surface area contributed by atoms with E-state index in [0.717, 1.165) is 25.8 Å². The molecule has 1 aromatic rings. The number of hydrogen-bond donors (Lipinski definition) is 0. The lowest BCUT2D eigenvalue weighted by molar-refractivity contribution is 0.534. The molecule has 86 valence electrons. The minimum atomic E-state index is 0.0934. The fourth-order valence-electron chi connectivity index (χ4n) is 1.54. The van der Waals surface area contributed by atoms with Crippen LogP contribution in [-0.4, -0.2) is 15.0 Å². The summed E-state index contributed by atoms with van der Waals surface area (Å²) < 4.78 is 3.52. The Balaban J connectivity index is 2.52. The van der Waals surface area contributed by atoms with Crippen molar-refractivity contribution >= 4 is 11.6 Å². The average molecular weight is 231 g/mol. The van der Waals surface area contributed by atoms with Crippen molar-refractivity contribution in [2.24, 2.45) is 0 Å². The second-order valence-corrected chi connectivity index (χ2v) is 4.40. The van der Waals surface area contributed by atoms with Crippen LogP contribution in [0.25, 0.3) is 0 Å². The van der Waals surface area contributed by atoms with E-state index in [4.69, 9.17) is 11.6 Å². The van der Waals surface area contributed by atoms with Crippen molar-refractivity contribution in [2.75, 3.05) is 5.88 Å². The normalized spacial score (nSPS) is 11.2. The summed E-state index contributed by atoms with van der Waals surface area (Å²) in [4.78, 5) is 11.8. The number of imidazole rings is 1. The summed E-state index contributed by atoms with van der Waals surface area (Å²) in [6, 6.07) is 0.238. The molecular formula is C11H19ClN2O. The van der Waals surface area contributed by atoms with Gasteiger partial charge in [-0.25, -0.2) is 4.79 Å². The topological polar surface area (TPSA) is 26.9 Å². The van der Waals surface area contributed by atoms with Crippen molar-refractivity contribution in [1.82, 2.24) is 9.13 Å². The maximum atomic E-state index is 11.8. The molecule has 0 saturated carbocycles. The summed E-state index contributed by atoms with van der Waals surface area (Å²) in [5, 5.41) is 0. The highest BCUT2D eigenvalue weighted by Gasteiger charge is 2.04. The second kappa shape index (κ2) is 6.01. The van der Waals surface area contributed by atoms with E-state index in [-0.39, 0.29) is 11.7 Å². The largest absolute Gasteiger partial charge is 0.328 e. The Labute approximate surface area is 95.7 Å². The molecule has 0 radical (unpaired) electrons. The molecule has 0 aliphatic heterocycles. The lowest BCUT2D eigenvalue weighted by atomic mass is 10.2. The molecule has 0 spiro atoms. The summed E-state index contributed by atoms with van der Waals surface area (Å²) in [7, 11) is 0. The number of alkyl halides is 1. The summed E-state index contributed by atoms with van der Waals surface area (Å²) in [5.41, 5.74) is 0.0934. The van der Waals surface area contributed by atoms with Gasteiger partial charge in [0, 0.05) is 30.9 Å². The quantitative estimate of drug-likeness (QED) is 0.545. The predicted molar refractivity (Wildman–Crippen MR) is 63.6 cm³/mol. The van der Waals surface area contributed by atoms with Crippen LogP contribution in [0.5, 0.6) is 0 Å². The zero-order valence-corrected chi connectivity index (χ0v) is 10.2. The molecule has 4 heteroatoms. The standard InChI is InChI=1S/C11H19ClN2O/c1-10(2)14-9-8-13(11(14)15)7-5-3-4-6-12/h8-10H,3-7H2,1-2H3. The first kappa shape index (κ1) is 12.4. The fraction of sp³-hybridized carbons (Fsp3) is 0.727.